The van der Waals surface area contributed by atoms with Gasteiger partial charge in [0.05, 0.1) is 5.92 Å². The van der Waals surface area contributed by atoms with E-state index in [1.54, 1.807) is 0 Å². The lowest BCUT2D eigenvalue weighted by Gasteiger charge is -2.29. The molecule has 0 aliphatic carbocycles. The van der Waals surface area contributed by atoms with Crippen LogP contribution in [0.2, 0.25) is 0 Å². The van der Waals surface area contributed by atoms with Gasteiger partial charge >= 0.3 is 0 Å². The Morgan fingerprint density at radius 3 is 2.56 bits per heavy atom. The van der Waals surface area contributed by atoms with Gasteiger partial charge in [-0.15, -0.1) is 12.4 Å². The number of amides is 2. The molecule has 0 spiro atoms. The molecule has 5 nitrogen and oxygen atoms in total. The van der Waals surface area contributed by atoms with Gasteiger partial charge in [-0.1, -0.05) is 17.7 Å². The number of aryl methyl sites for hydroxylation is 1. The van der Waals surface area contributed by atoms with Crippen LogP contribution >= 0.6 is 12.4 Å². The molecular weight excluding hydrogens is 338 g/mol. The summed E-state index contributed by atoms with van der Waals surface area (Å²) in [6.45, 7) is 6.56. The lowest BCUT2D eigenvalue weighted by Crippen LogP contribution is -2.44. The molecule has 1 atom stereocenters. The first-order valence-corrected chi connectivity index (χ1v) is 9.00. The third-order valence-electron chi connectivity index (χ3n) is 5.01. The smallest absolute Gasteiger partial charge is 0.253 e. The number of piperidine rings is 1. The molecule has 2 amide bonds. The molecule has 138 valence electrons. The van der Waals surface area contributed by atoms with Gasteiger partial charge in [-0.05, 0) is 44.9 Å². The third kappa shape index (κ3) is 4.95. The summed E-state index contributed by atoms with van der Waals surface area (Å²) in [4.78, 5) is 29.2. The molecule has 25 heavy (non-hydrogen) atoms. The van der Waals surface area contributed by atoms with Crippen molar-refractivity contribution in [1.29, 1.82) is 0 Å². The fourth-order valence-electron chi connectivity index (χ4n) is 3.62. The second-order valence-electron chi connectivity index (χ2n) is 6.88. The number of hydrogen-bond donors (Lipinski definition) is 1. The summed E-state index contributed by atoms with van der Waals surface area (Å²) in [6, 6.07) is 7.73. The Labute approximate surface area is 156 Å². The van der Waals surface area contributed by atoms with Crippen molar-refractivity contribution in [2.24, 2.45) is 5.92 Å². The Bertz CT molecular complexity index is 602. The third-order valence-corrected chi connectivity index (χ3v) is 5.01. The quantitative estimate of drug-likeness (QED) is 0.873. The minimum absolute atomic E-state index is 0. The van der Waals surface area contributed by atoms with Crippen molar-refractivity contribution in [2.45, 2.75) is 26.2 Å². The Morgan fingerprint density at radius 1 is 1.08 bits per heavy atom. The van der Waals surface area contributed by atoms with Crippen LogP contribution in [0.3, 0.4) is 0 Å². The number of carbonyl (C=O) groups excluding carboxylic acids is 2. The summed E-state index contributed by atoms with van der Waals surface area (Å²) in [7, 11) is 0. The van der Waals surface area contributed by atoms with Crippen LogP contribution in [-0.4, -0.2) is 60.9 Å². The van der Waals surface area contributed by atoms with Gasteiger partial charge in [0, 0.05) is 38.3 Å². The first kappa shape index (κ1) is 19.7. The van der Waals surface area contributed by atoms with Crippen LogP contribution in [0.5, 0.6) is 0 Å². The lowest BCUT2D eigenvalue weighted by atomic mass is 9.98. The molecule has 6 heteroatoms. The molecule has 1 aromatic carbocycles. The van der Waals surface area contributed by atoms with Crippen LogP contribution < -0.4 is 5.32 Å². The molecule has 1 N–H and O–H groups in total. The number of hydrogen-bond acceptors (Lipinski definition) is 3. The van der Waals surface area contributed by atoms with Gasteiger partial charge in [0.1, 0.15) is 0 Å². The maximum absolute atomic E-state index is 12.7. The van der Waals surface area contributed by atoms with Gasteiger partial charge < -0.3 is 15.1 Å². The van der Waals surface area contributed by atoms with Crippen molar-refractivity contribution in [3.63, 3.8) is 0 Å². The first-order valence-electron chi connectivity index (χ1n) is 9.00. The standard InChI is InChI=1S/C19H27N3O2.ClH/c1-15-5-2-6-16(13-15)18(23)21-9-4-10-22(12-11-21)19(24)17-7-3-8-20-14-17;/h2,5-6,13,17,20H,3-4,7-12,14H2,1H3;1H. The van der Waals surface area contributed by atoms with Gasteiger partial charge in [-0.25, -0.2) is 0 Å². The topological polar surface area (TPSA) is 52.7 Å². The minimum Gasteiger partial charge on any atom is -0.341 e. The van der Waals surface area contributed by atoms with Gasteiger partial charge in [0.15, 0.2) is 0 Å². The second-order valence-corrected chi connectivity index (χ2v) is 6.88. The number of halogens is 1. The Morgan fingerprint density at radius 2 is 1.84 bits per heavy atom. The van der Waals surface area contributed by atoms with Crippen LogP contribution in [0.25, 0.3) is 0 Å². The molecule has 2 heterocycles. The summed E-state index contributed by atoms with van der Waals surface area (Å²) >= 11 is 0. The molecule has 1 aromatic rings. The molecular formula is C19H28ClN3O2. The Hall–Kier alpha value is -1.59. The average molecular weight is 366 g/mol. The average Bonchev–Trinajstić information content (AvgIpc) is 2.87. The molecule has 2 saturated heterocycles. The Kier molecular flexibility index (Phi) is 7.26. The molecule has 0 bridgehead atoms. The van der Waals surface area contributed by atoms with Crippen molar-refractivity contribution in [1.82, 2.24) is 15.1 Å². The number of benzene rings is 1. The predicted molar refractivity (Wildman–Crippen MR) is 101 cm³/mol. The molecule has 2 fully saturated rings. The SMILES string of the molecule is Cc1cccc(C(=O)N2CCCN(C(=O)C3CCCNC3)CC2)c1.Cl. The van der Waals surface area contributed by atoms with Crippen LogP contribution in [-0.2, 0) is 4.79 Å². The van der Waals surface area contributed by atoms with E-state index in [1.807, 2.05) is 41.0 Å². The molecule has 2 aliphatic rings. The van der Waals surface area contributed by atoms with Gasteiger partial charge in [0.25, 0.3) is 5.91 Å². The van der Waals surface area contributed by atoms with E-state index < -0.39 is 0 Å². The molecule has 3 rings (SSSR count). The molecule has 1 unspecified atom stereocenters. The van der Waals surface area contributed by atoms with Crippen molar-refractivity contribution >= 4 is 24.2 Å². The summed E-state index contributed by atoms with van der Waals surface area (Å²) in [5.41, 5.74) is 1.84. The number of nitrogens with one attached hydrogen (secondary N) is 1. The van der Waals surface area contributed by atoms with Gasteiger partial charge in [-0.3, -0.25) is 9.59 Å². The molecule has 2 aliphatic heterocycles. The summed E-state index contributed by atoms with van der Waals surface area (Å²) in [5, 5.41) is 3.31. The highest BCUT2D eigenvalue weighted by Gasteiger charge is 2.28. The monoisotopic (exact) mass is 365 g/mol. The fourth-order valence-corrected chi connectivity index (χ4v) is 3.62. The lowest BCUT2D eigenvalue weighted by molar-refractivity contribution is -0.135. The maximum Gasteiger partial charge on any atom is 0.253 e. The van der Waals surface area contributed by atoms with Crippen LogP contribution in [0.1, 0.15) is 35.2 Å². The summed E-state index contributed by atoms with van der Waals surface area (Å²) in [6.07, 6.45) is 2.90. The van der Waals surface area contributed by atoms with E-state index >= 15 is 0 Å². The zero-order valence-electron chi connectivity index (χ0n) is 14.9. The van der Waals surface area contributed by atoms with E-state index in [0.717, 1.165) is 56.6 Å². The first-order chi connectivity index (χ1) is 11.6. The Balaban J connectivity index is 0.00000225. The van der Waals surface area contributed by atoms with Gasteiger partial charge in [0.2, 0.25) is 5.91 Å². The van der Waals surface area contributed by atoms with E-state index in [9.17, 15) is 9.59 Å². The van der Waals surface area contributed by atoms with E-state index in [2.05, 4.69) is 5.32 Å². The zero-order chi connectivity index (χ0) is 16.9. The molecule has 0 radical (unpaired) electrons. The largest absolute Gasteiger partial charge is 0.341 e. The zero-order valence-corrected chi connectivity index (χ0v) is 15.7. The highest BCUT2D eigenvalue weighted by atomic mass is 35.5. The minimum atomic E-state index is 0. The second kappa shape index (κ2) is 9.20. The van der Waals surface area contributed by atoms with E-state index in [4.69, 9.17) is 0 Å². The molecule has 0 saturated carbocycles. The van der Waals surface area contributed by atoms with Crippen molar-refractivity contribution in [2.75, 3.05) is 39.3 Å². The van der Waals surface area contributed by atoms with Gasteiger partial charge in [-0.2, -0.15) is 0 Å². The number of rotatable bonds is 2. The summed E-state index contributed by atoms with van der Waals surface area (Å²) in [5.74, 6) is 0.442. The van der Waals surface area contributed by atoms with Crippen molar-refractivity contribution in [3.05, 3.63) is 35.4 Å². The van der Waals surface area contributed by atoms with Crippen LogP contribution in [0.15, 0.2) is 24.3 Å². The number of carbonyl (C=O) groups is 2. The normalized spacial score (nSPS) is 21.2. The highest BCUT2D eigenvalue weighted by Crippen LogP contribution is 2.16. The summed E-state index contributed by atoms with van der Waals surface area (Å²) < 4.78 is 0. The van der Waals surface area contributed by atoms with E-state index in [1.165, 1.54) is 0 Å². The fraction of sp³-hybridized carbons (Fsp3) is 0.579. The van der Waals surface area contributed by atoms with E-state index in [-0.39, 0.29) is 30.1 Å². The number of nitrogens with zero attached hydrogens (tertiary/aromatic N) is 2. The molecule has 0 aromatic heterocycles. The maximum atomic E-state index is 12.7. The van der Waals surface area contributed by atoms with E-state index in [0.29, 0.717) is 13.1 Å². The van der Waals surface area contributed by atoms with Crippen molar-refractivity contribution in [3.8, 4) is 0 Å². The van der Waals surface area contributed by atoms with Crippen LogP contribution in [0.4, 0.5) is 0 Å². The predicted octanol–water partition coefficient (Wildman–Crippen LogP) is 2.09. The van der Waals surface area contributed by atoms with Crippen molar-refractivity contribution < 1.29 is 9.59 Å². The van der Waals surface area contributed by atoms with Crippen LogP contribution in [0, 0.1) is 12.8 Å². The highest BCUT2D eigenvalue weighted by molar-refractivity contribution is 5.94.